The van der Waals surface area contributed by atoms with Gasteiger partial charge in [0.1, 0.15) is 0 Å². The zero-order valence-electron chi connectivity index (χ0n) is 10.7. The average Bonchev–Trinajstić information content (AvgIpc) is 2.42. The van der Waals surface area contributed by atoms with Gasteiger partial charge in [-0.1, -0.05) is 48.3 Å². The minimum absolute atomic E-state index is 0.141. The summed E-state index contributed by atoms with van der Waals surface area (Å²) in [6.07, 6.45) is 2.48. The number of nitrogens with one attached hydrogen (secondary N) is 1. The van der Waals surface area contributed by atoms with E-state index in [0.717, 1.165) is 29.2 Å². The van der Waals surface area contributed by atoms with Crippen LogP contribution in [0.1, 0.15) is 24.2 Å². The van der Waals surface area contributed by atoms with E-state index < -0.39 is 0 Å². The van der Waals surface area contributed by atoms with Gasteiger partial charge in [0, 0.05) is 11.2 Å². The van der Waals surface area contributed by atoms with Crippen LogP contribution in [0.5, 0.6) is 0 Å². The molecule has 1 aromatic carbocycles. The molecule has 0 spiro atoms. The van der Waals surface area contributed by atoms with Gasteiger partial charge in [-0.25, -0.2) is 0 Å². The van der Waals surface area contributed by atoms with Crippen molar-refractivity contribution >= 4 is 23.2 Å². The predicted octanol–water partition coefficient (Wildman–Crippen LogP) is 4.28. The highest BCUT2D eigenvalue weighted by atomic mass is 35.5. The molecule has 1 N–H and O–H groups in total. The van der Waals surface area contributed by atoms with Crippen LogP contribution in [0.2, 0.25) is 10.0 Å². The third-order valence-corrected chi connectivity index (χ3v) is 3.53. The molecular weight excluding hydrogens is 279 g/mol. The lowest BCUT2D eigenvalue weighted by atomic mass is 10.0. The highest BCUT2D eigenvalue weighted by molar-refractivity contribution is 6.31. The van der Waals surface area contributed by atoms with Crippen LogP contribution in [0.15, 0.2) is 42.6 Å². The second-order valence-corrected chi connectivity index (χ2v) is 5.15. The maximum absolute atomic E-state index is 6.21. The van der Waals surface area contributed by atoms with Gasteiger partial charge >= 0.3 is 0 Å². The fourth-order valence-electron chi connectivity index (χ4n) is 2.00. The first-order valence-corrected chi connectivity index (χ1v) is 7.04. The maximum atomic E-state index is 6.21. The van der Waals surface area contributed by atoms with Gasteiger partial charge < -0.3 is 5.32 Å². The minimum atomic E-state index is 0.141. The SMILES string of the molecule is CCNC(Cc1ccccc1Cl)c1ccc(Cl)cn1. The van der Waals surface area contributed by atoms with Crippen LogP contribution in [0, 0.1) is 0 Å². The lowest BCUT2D eigenvalue weighted by molar-refractivity contribution is 0.537. The van der Waals surface area contributed by atoms with Gasteiger partial charge in [0.05, 0.1) is 16.8 Å². The molecule has 0 radical (unpaired) electrons. The van der Waals surface area contributed by atoms with Gasteiger partial charge in [-0.3, -0.25) is 4.98 Å². The van der Waals surface area contributed by atoms with Crippen LogP contribution in [0.3, 0.4) is 0 Å². The summed E-state index contributed by atoms with van der Waals surface area (Å²) in [5.74, 6) is 0. The predicted molar refractivity (Wildman–Crippen MR) is 80.8 cm³/mol. The first-order chi connectivity index (χ1) is 9.20. The van der Waals surface area contributed by atoms with Gasteiger partial charge in [-0.2, -0.15) is 0 Å². The maximum Gasteiger partial charge on any atom is 0.0589 e. The molecule has 0 aliphatic rings. The lowest BCUT2D eigenvalue weighted by Gasteiger charge is -2.18. The topological polar surface area (TPSA) is 24.9 Å². The summed E-state index contributed by atoms with van der Waals surface area (Å²) >= 11 is 12.1. The van der Waals surface area contributed by atoms with Crippen LogP contribution >= 0.6 is 23.2 Å². The molecule has 1 heterocycles. The number of likely N-dealkylation sites (N-methyl/N-ethyl adjacent to an activating group) is 1. The zero-order chi connectivity index (χ0) is 13.7. The molecule has 100 valence electrons. The molecule has 0 aliphatic carbocycles. The van der Waals surface area contributed by atoms with E-state index in [1.165, 1.54) is 0 Å². The van der Waals surface area contributed by atoms with Crippen molar-refractivity contribution in [2.45, 2.75) is 19.4 Å². The summed E-state index contributed by atoms with van der Waals surface area (Å²) in [7, 11) is 0. The molecule has 19 heavy (non-hydrogen) atoms. The summed E-state index contributed by atoms with van der Waals surface area (Å²) in [4.78, 5) is 4.39. The Morgan fingerprint density at radius 2 is 1.95 bits per heavy atom. The summed E-state index contributed by atoms with van der Waals surface area (Å²) in [6, 6.07) is 11.8. The second-order valence-electron chi connectivity index (χ2n) is 4.31. The van der Waals surface area contributed by atoms with E-state index in [2.05, 4.69) is 17.2 Å². The number of halogens is 2. The zero-order valence-corrected chi connectivity index (χ0v) is 12.2. The molecule has 2 aromatic rings. The third kappa shape index (κ3) is 3.93. The van der Waals surface area contributed by atoms with Crippen molar-refractivity contribution in [1.82, 2.24) is 10.3 Å². The van der Waals surface area contributed by atoms with Crippen molar-refractivity contribution in [3.63, 3.8) is 0 Å². The first-order valence-electron chi connectivity index (χ1n) is 6.29. The number of nitrogens with zero attached hydrogens (tertiary/aromatic N) is 1. The molecule has 0 bridgehead atoms. The number of hydrogen-bond donors (Lipinski definition) is 1. The Labute approximate surface area is 123 Å². The number of hydrogen-bond acceptors (Lipinski definition) is 2. The monoisotopic (exact) mass is 294 g/mol. The van der Waals surface area contributed by atoms with E-state index in [-0.39, 0.29) is 6.04 Å². The molecule has 1 aromatic heterocycles. The summed E-state index contributed by atoms with van der Waals surface area (Å²) in [6.45, 7) is 2.95. The number of rotatable bonds is 5. The standard InChI is InChI=1S/C15H16Cl2N2/c1-2-18-15(14-8-7-12(16)10-19-14)9-11-5-3-4-6-13(11)17/h3-8,10,15,18H,2,9H2,1H3. The molecule has 1 unspecified atom stereocenters. The van der Waals surface area contributed by atoms with Crippen molar-refractivity contribution in [1.29, 1.82) is 0 Å². The van der Waals surface area contributed by atoms with Gasteiger partial charge in [-0.05, 0) is 36.7 Å². The Hall–Kier alpha value is -1.09. The van der Waals surface area contributed by atoms with Crippen molar-refractivity contribution in [3.8, 4) is 0 Å². The van der Waals surface area contributed by atoms with E-state index in [0.29, 0.717) is 5.02 Å². The minimum Gasteiger partial charge on any atom is -0.309 e. The van der Waals surface area contributed by atoms with E-state index in [9.17, 15) is 0 Å². The summed E-state index contributed by atoms with van der Waals surface area (Å²) < 4.78 is 0. The van der Waals surface area contributed by atoms with Gasteiger partial charge in [0.25, 0.3) is 0 Å². The Bertz CT molecular complexity index is 526. The Morgan fingerprint density at radius 3 is 2.58 bits per heavy atom. The van der Waals surface area contributed by atoms with Gasteiger partial charge in [-0.15, -0.1) is 0 Å². The number of benzene rings is 1. The first kappa shape index (κ1) is 14.3. The Balaban J connectivity index is 2.21. The Kier molecular flexibility index (Phi) is 5.20. The molecule has 0 saturated heterocycles. The van der Waals surface area contributed by atoms with Crippen LogP contribution in [0.25, 0.3) is 0 Å². The Morgan fingerprint density at radius 1 is 1.16 bits per heavy atom. The highest BCUT2D eigenvalue weighted by Crippen LogP contribution is 2.23. The van der Waals surface area contributed by atoms with Crippen LogP contribution in [0.4, 0.5) is 0 Å². The van der Waals surface area contributed by atoms with E-state index in [1.54, 1.807) is 6.20 Å². The molecule has 0 aliphatic heterocycles. The van der Waals surface area contributed by atoms with Gasteiger partial charge in [0.2, 0.25) is 0 Å². The quantitative estimate of drug-likeness (QED) is 0.890. The number of aromatic nitrogens is 1. The highest BCUT2D eigenvalue weighted by Gasteiger charge is 2.14. The largest absolute Gasteiger partial charge is 0.309 e. The molecule has 2 nitrogen and oxygen atoms in total. The van der Waals surface area contributed by atoms with Crippen molar-refractivity contribution in [2.24, 2.45) is 0 Å². The van der Waals surface area contributed by atoms with Gasteiger partial charge in [0.15, 0.2) is 0 Å². The van der Waals surface area contributed by atoms with E-state index in [1.807, 2.05) is 36.4 Å². The van der Waals surface area contributed by atoms with Crippen molar-refractivity contribution in [2.75, 3.05) is 6.54 Å². The molecule has 0 amide bonds. The average molecular weight is 295 g/mol. The molecule has 0 fully saturated rings. The smallest absolute Gasteiger partial charge is 0.0589 e. The van der Waals surface area contributed by atoms with E-state index >= 15 is 0 Å². The fourth-order valence-corrected chi connectivity index (χ4v) is 2.33. The number of pyridine rings is 1. The molecule has 4 heteroatoms. The van der Waals surface area contributed by atoms with E-state index in [4.69, 9.17) is 23.2 Å². The summed E-state index contributed by atoms with van der Waals surface area (Å²) in [5.41, 5.74) is 2.10. The van der Waals surface area contributed by atoms with Crippen LogP contribution in [-0.4, -0.2) is 11.5 Å². The van der Waals surface area contributed by atoms with Crippen LogP contribution in [-0.2, 0) is 6.42 Å². The van der Waals surface area contributed by atoms with Crippen molar-refractivity contribution in [3.05, 3.63) is 63.9 Å². The molecule has 2 rings (SSSR count). The summed E-state index contributed by atoms with van der Waals surface area (Å²) in [5, 5.41) is 4.87. The normalized spacial score (nSPS) is 12.4. The molecule has 0 saturated carbocycles. The second kappa shape index (κ2) is 6.90. The fraction of sp³-hybridized carbons (Fsp3) is 0.267. The lowest BCUT2D eigenvalue weighted by Crippen LogP contribution is -2.24. The van der Waals surface area contributed by atoms with Crippen LogP contribution < -0.4 is 5.32 Å². The van der Waals surface area contributed by atoms with Crippen molar-refractivity contribution < 1.29 is 0 Å². The third-order valence-electron chi connectivity index (χ3n) is 2.94. The molecule has 1 atom stereocenters. The molecular formula is C15H16Cl2N2.